The van der Waals surface area contributed by atoms with Crippen LogP contribution < -0.4 is 15.5 Å². The van der Waals surface area contributed by atoms with Crippen molar-refractivity contribution in [3.8, 4) is 0 Å². The predicted molar refractivity (Wildman–Crippen MR) is 98.7 cm³/mol. The fourth-order valence-corrected chi connectivity index (χ4v) is 3.35. The molecule has 0 unspecified atom stereocenters. The fraction of sp³-hybridized carbons (Fsp3) is 0.412. The smallest absolute Gasteiger partial charge is 0.365 e. The summed E-state index contributed by atoms with van der Waals surface area (Å²) in [6, 6.07) is 0.871. The highest BCUT2D eigenvalue weighted by Crippen LogP contribution is 2.34. The molecule has 28 heavy (non-hydrogen) atoms. The number of amides is 1. The molecule has 1 saturated heterocycles. The highest BCUT2D eigenvalue weighted by atomic mass is 35.5. The van der Waals surface area contributed by atoms with Gasteiger partial charge < -0.3 is 15.5 Å². The third-order valence-corrected chi connectivity index (χ3v) is 4.99. The molecule has 1 fully saturated rings. The molecule has 0 aliphatic carbocycles. The molecule has 0 bridgehead atoms. The zero-order chi connectivity index (χ0) is 20.6. The van der Waals surface area contributed by atoms with Gasteiger partial charge in [-0.3, -0.25) is 4.79 Å². The molecule has 2 N–H and O–H groups in total. The SMILES string of the molecule is Cc1nnc(N2CCN(c3ncc(C(F)(F)F)cc3Cl)CC2)c(C(N)=O)c1C. The van der Waals surface area contributed by atoms with Crippen molar-refractivity contribution in [2.45, 2.75) is 20.0 Å². The number of aromatic nitrogens is 3. The Morgan fingerprint density at radius 1 is 1.11 bits per heavy atom. The van der Waals surface area contributed by atoms with E-state index in [1.54, 1.807) is 18.7 Å². The van der Waals surface area contributed by atoms with Crippen molar-refractivity contribution >= 4 is 29.1 Å². The van der Waals surface area contributed by atoms with Crippen molar-refractivity contribution in [3.05, 3.63) is 39.7 Å². The van der Waals surface area contributed by atoms with E-state index in [4.69, 9.17) is 17.3 Å². The van der Waals surface area contributed by atoms with Crippen molar-refractivity contribution in [1.29, 1.82) is 0 Å². The molecule has 0 saturated carbocycles. The quantitative estimate of drug-likeness (QED) is 0.830. The van der Waals surface area contributed by atoms with Crippen molar-refractivity contribution in [2.24, 2.45) is 5.73 Å². The van der Waals surface area contributed by atoms with Crippen LogP contribution in [0.25, 0.3) is 0 Å². The van der Waals surface area contributed by atoms with E-state index in [1.807, 2.05) is 4.90 Å². The van der Waals surface area contributed by atoms with Crippen LogP contribution in [0.4, 0.5) is 24.8 Å². The summed E-state index contributed by atoms with van der Waals surface area (Å²) in [5, 5.41) is 8.13. The van der Waals surface area contributed by atoms with Gasteiger partial charge in [0.25, 0.3) is 5.91 Å². The Morgan fingerprint density at radius 2 is 1.68 bits per heavy atom. The molecular weight excluding hydrogens is 397 g/mol. The van der Waals surface area contributed by atoms with Gasteiger partial charge in [0, 0.05) is 32.4 Å². The van der Waals surface area contributed by atoms with Crippen LogP contribution in [-0.2, 0) is 6.18 Å². The highest BCUT2D eigenvalue weighted by molar-refractivity contribution is 6.33. The van der Waals surface area contributed by atoms with E-state index in [9.17, 15) is 18.0 Å². The number of halogens is 4. The Hall–Kier alpha value is -2.62. The Balaban J connectivity index is 1.79. The van der Waals surface area contributed by atoms with Crippen LogP contribution in [-0.4, -0.2) is 47.3 Å². The van der Waals surface area contributed by atoms with Gasteiger partial charge in [0.2, 0.25) is 0 Å². The van der Waals surface area contributed by atoms with Gasteiger partial charge in [-0.15, -0.1) is 5.10 Å². The van der Waals surface area contributed by atoms with Gasteiger partial charge in [0.1, 0.15) is 5.82 Å². The maximum absolute atomic E-state index is 12.8. The number of piperazine rings is 1. The molecule has 11 heteroatoms. The largest absolute Gasteiger partial charge is 0.417 e. The molecular formula is C17H18ClF3N6O. The summed E-state index contributed by atoms with van der Waals surface area (Å²) < 4.78 is 38.3. The molecule has 2 aromatic rings. The van der Waals surface area contributed by atoms with Crippen molar-refractivity contribution in [3.63, 3.8) is 0 Å². The number of anilines is 2. The Bertz CT molecular complexity index is 912. The van der Waals surface area contributed by atoms with E-state index in [1.165, 1.54) is 0 Å². The molecule has 0 aromatic carbocycles. The number of pyridine rings is 1. The number of carbonyl (C=O) groups is 1. The summed E-state index contributed by atoms with van der Waals surface area (Å²) >= 11 is 6.03. The summed E-state index contributed by atoms with van der Waals surface area (Å²) in [5.41, 5.74) is 6.24. The van der Waals surface area contributed by atoms with E-state index in [0.29, 0.717) is 48.8 Å². The molecule has 2 aromatic heterocycles. The molecule has 0 atom stereocenters. The summed E-state index contributed by atoms with van der Waals surface area (Å²) in [6.45, 7) is 5.29. The lowest BCUT2D eigenvalue weighted by atomic mass is 10.1. The molecule has 0 radical (unpaired) electrons. The third-order valence-electron chi connectivity index (χ3n) is 4.71. The Kier molecular flexibility index (Phi) is 5.33. The first-order valence-electron chi connectivity index (χ1n) is 8.46. The van der Waals surface area contributed by atoms with Gasteiger partial charge in [0.05, 0.1) is 21.8 Å². The normalized spacial score (nSPS) is 15.1. The maximum atomic E-state index is 12.8. The number of carbonyl (C=O) groups excluding carboxylic acids is 1. The first kappa shape index (κ1) is 20.1. The second-order valence-electron chi connectivity index (χ2n) is 6.47. The second kappa shape index (κ2) is 7.42. The third kappa shape index (κ3) is 3.82. The molecule has 1 aliphatic heterocycles. The van der Waals surface area contributed by atoms with Crippen LogP contribution in [0.3, 0.4) is 0 Å². The van der Waals surface area contributed by atoms with Gasteiger partial charge in [-0.25, -0.2) is 4.98 Å². The van der Waals surface area contributed by atoms with E-state index in [2.05, 4.69) is 15.2 Å². The summed E-state index contributed by atoms with van der Waals surface area (Å²) in [4.78, 5) is 19.4. The lowest BCUT2D eigenvalue weighted by molar-refractivity contribution is -0.137. The molecule has 3 rings (SSSR count). The lowest BCUT2D eigenvalue weighted by Gasteiger charge is -2.36. The lowest BCUT2D eigenvalue weighted by Crippen LogP contribution is -2.48. The first-order valence-corrected chi connectivity index (χ1v) is 8.83. The molecule has 150 valence electrons. The van der Waals surface area contributed by atoms with E-state index < -0.39 is 17.6 Å². The standard InChI is InChI=1S/C17H18ClF3N6O/c1-9-10(2)24-25-16(13(9)14(22)28)27-5-3-26(4-6-27)15-12(18)7-11(8-23-15)17(19,20)21/h7-8H,3-6H2,1-2H3,(H2,22,28). The minimum absolute atomic E-state index is 0.0629. The van der Waals surface area contributed by atoms with Gasteiger partial charge >= 0.3 is 6.18 Å². The predicted octanol–water partition coefficient (Wildman–Crippen LogP) is 2.59. The minimum atomic E-state index is -4.50. The zero-order valence-electron chi connectivity index (χ0n) is 15.2. The van der Waals surface area contributed by atoms with Crippen LogP contribution in [0.15, 0.2) is 12.3 Å². The first-order chi connectivity index (χ1) is 13.1. The number of nitrogens with zero attached hydrogens (tertiary/aromatic N) is 5. The number of aryl methyl sites for hydroxylation is 1. The monoisotopic (exact) mass is 414 g/mol. The van der Waals surface area contributed by atoms with Crippen molar-refractivity contribution < 1.29 is 18.0 Å². The molecule has 3 heterocycles. The Morgan fingerprint density at radius 3 is 2.18 bits per heavy atom. The van der Waals surface area contributed by atoms with Gasteiger partial charge in [-0.05, 0) is 25.5 Å². The summed E-state index contributed by atoms with van der Waals surface area (Å²) in [5.74, 6) is 0.109. The second-order valence-corrected chi connectivity index (χ2v) is 6.88. The fourth-order valence-electron chi connectivity index (χ4n) is 3.06. The van der Waals surface area contributed by atoms with Crippen molar-refractivity contribution in [1.82, 2.24) is 15.2 Å². The van der Waals surface area contributed by atoms with Crippen LogP contribution in [0, 0.1) is 13.8 Å². The topological polar surface area (TPSA) is 88.2 Å². The summed E-state index contributed by atoms with van der Waals surface area (Å²) in [6.07, 6.45) is -3.73. The van der Waals surface area contributed by atoms with Crippen molar-refractivity contribution in [2.75, 3.05) is 36.0 Å². The summed E-state index contributed by atoms with van der Waals surface area (Å²) in [7, 11) is 0. The molecule has 1 aliphatic rings. The number of rotatable bonds is 3. The number of nitrogens with two attached hydrogens (primary N) is 1. The van der Waals surface area contributed by atoms with Gasteiger partial charge in [-0.1, -0.05) is 11.6 Å². The minimum Gasteiger partial charge on any atom is -0.365 e. The number of primary amides is 1. The van der Waals surface area contributed by atoms with Crippen LogP contribution >= 0.6 is 11.6 Å². The number of hydrogen-bond acceptors (Lipinski definition) is 6. The Labute approximate surface area is 164 Å². The van der Waals surface area contributed by atoms with Crippen LogP contribution in [0.5, 0.6) is 0 Å². The zero-order valence-corrected chi connectivity index (χ0v) is 16.0. The average Bonchev–Trinajstić information content (AvgIpc) is 2.63. The number of hydrogen-bond donors (Lipinski definition) is 1. The van der Waals surface area contributed by atoms with E-state index >= 15 is 0 Å². The van der Waals surface area contributed by atoms with Gasteiger partial charge in [0.15, 0.2) is 5.82 Å². The van der Waals surface area contributed by atoms with Crippen LogP contribution in [0.1, 0.15) is 27.2 Å². The molecule has 7 nitrogen and oxygen atoms in total. The maximum Gasteiger partial charge on any atom is 0.417 e. The highest BCUT2D eigenvalue weighted by Gasteiger charge is 2.32. The van der Waals surface area contributed by atoms with Crippen LogP contribution in [0.2, 0.25) is 5.02 Å². The average molecular weight is 415 g/mol. The molecule has 0 spiro atoms. The van der Waals surface area contributed by atoms with E-state index in [0.717, 1.165) is 12.3 Å². The molecule has 1 amide bonds. The van der Waals surface area contributed by atoms with E-state index in [-0.39, 0.29) is 10.8 Å². The van der Waals surface area contributed by atoms with Gasteiger partial charge in [-0.2, -0.15) is 18.3 Å². The number of alkyl halides is 3.